The number of likely N-dealkylation sites (tertiary alicyclic amines) is 1. The molecule has 0 aliphatic carbocycles. The van der Waals surface area contributed by atoms with Gasteiger partial charge in [-0.3, -0.25) is 15.1 Å². The highest BCUT2D eigenvalue weighted by Gasteiger charge is 2.22. The second-order valence-electron chi connectivity index (χ2n) is 5.27. The first-order valence-electron chi connectivity index (χ1n) is 6.57. The van der Waals surface area contributed by atoms with Crippen molar-refractivity contribution in [2.45, 2.75) is 25.4 Å². The molecule has 106 valence electrons. The van der Waals surface area contributed by atoms with Crippen molar-refractivity contribution in [2.24, 2.45) is 5.84 Å². The zero-order chi connectivity index (χ0) is 13.8. The van der Waals surface area contributed by atoms with Gasteiger partial charge in [-0.05, 0) is 39.5 Å². The number of amides is 1. The quantitative estimate of drug-likeness (QED) is 0.469. The lowest BCUT2D eigenvalue weighted by Crippen LogP contribution is -2.44. The molecule has 1 aliphatic heterocycles. The van der Waals surface area contributed by atoms with Gasteiger partial charge in [0.15, 0.2) is 0 Å². The Morgan fingerprint density at radius 3 is 3.11 bits per heavy atom. The number of hydrogen-bond donors (Lipinski definition) is 2. The number of piperidine rings is 1. The number of hydrogen-bond acceptors (Lipinski definition) is 5. The maximum Gasteiger partial charge on any atom is 0.268 e. The molecule has 1 saturated heterocycles. The SMILES string of the molecule is CN(C)C1CCCN(Cc2cc(C(=O)NN)co2)C1. The average Bonchev–Trinajstić information content (AvgIpc) is 2.86. The van der Waals surface area contributed by atoms with Crippen molar-refractivity contribution in [3.8, 4) is 0 Å². The minimum Gasteiger partial charge on any atom is -0.467 e. The molecule has 6 nitrogen and oxygen atoms in total. The molecule has 1 aliphatic rings. The summed E-state index contributed by atoms with van der Waals surface area (Å²) in [5, 5.41) is 0. The van der Waals surface area contributed by atoms with Crippen LogP contribution in [0.15, 0.2) is 16.7 Å². The number of carbonyl (C=O) groups excluding carboxylic acids is 1. The molecule has 0 spiro atoms. The van der Waals surface area contributed by atoms with Crippen molar-refractivity contribution in [1.82, 2.24) is 15.2 Å². The number of nitrogens with zero attached hydrogens (tertiary/aromatic N) is 2. The lowest BCUT2D eigenvalue weighted by atomic mass is 10.0. The van der Waals surface area contributed by atoms with Crippen LogP contribution in [0.25, 0.3) is 0 Å². The number of hydrazine groups is 1. The fourth-order valence-electron chi connectivity index (χ4n) is 2.48. The van der Waals surface area contributed by atoms with E-state index in [4.69, 9.17) is 10.3 Å². The maximum absolute atomic E-state index is 11.3. The highest BCUT2D eigenvalue weighted by atomic mass is 16.3. The van der Waals surface area contributed by atoms with Crippen LogP contribution in [0.4, 0.5) is 0 Å². The number of nitrogen functional groups attached to an aromatic ring is 1. The average molecular weight is 266 g/mol. The molecule has 1 amide bonds. The number of carbonyl (C=O) groups is 1. The van der Waals surface area contributed by atoms with E-state index in [1.165, 1.54) is 19.1 Å². The number of nitrogens with two attached hydrogens (primary N) is 1. The molecular weight excluding hydrogens is 244 g/mol. The Kier molecular flexibility index (Phi) is 4.57. The van der Waals surface area contributed by atoms with Gasteiger partial charge in [0.1, 0.15) is 12.0 Å². The van der Waals surface area contributed by atoms with Crippen molar-refractivity contribution in [2.75, 3.05) is 27.2 Å². The summed E-state index contributed by atoms with van der Waals surface area (Å²) in [5.41, 5.74) is 2.57. The van der Waals surface area contributed by atoms with Crippen molar-refractivity contribution < 1.29 is 9.21 Å². The fraction of sp³-hybridized carbons (Fsp3) is 0.615. The minimum atomic E-state index is -0.320. The Morgan fingerprint density at radius 1 is 1.63 bits per heavy atom. The summed E-state index contributed by atoms with van der Waals surface area (Å²) in [6.45, 7) is 2.85. The summed E-state index contributed by atoms with van der Waals surface area (Å²) in [6.07, 6.45) is 3.88. The molecule has 0 radical (unpaired) electrons. The molecule has 0 bridgehead atoms. The molecule has 19 heavy (non-hydrogen) atoms. The first-order chi connectivity index (χ1) is 9.10. The summed E-state index contributed by atoms with van der Waals surface area (Å²) in [6, 6.07) is 2.34. The van der Waals surface area contributed by atoms with E-state index < -0.39 is 0 Å². The van der Waals surface area contributed by atoms with Gasteiger partial charge in [0.25, 0.3) is 5.91 Å². The molecule has 1 aromatic heterocycles. The zero-order valence-corrected chi connectivity index (χ0v) is 11.6. The molecule has 1 atom stereocenters. The van der Waals surface area contributed by atoms with Crippen molar-refractivity contribution in [3.63, 3.8) is 0 Å². The predicted molar refractivity (Wildman–Crippen MR) is 72.3 cm³/mol. The summed E-state index contributed by atoms with van der Waals surface area (Å²) >= 11 is 0. The van der Waals surface area contributed by atoms with Gasteiger partial charge in [0, 0.05) is 12.6 Å². The van der Waals surface area contributed by atoms with Crippen LogP contribution in [-0.4, -0.2) is 48.9 Å². The third-order valence-corrected chi connectivity index (χ3v) is 3.64. The number of rotatable bonds is 4. The molecule has 0 saturated carbocycles. The van der Waals surface area contributed by atoms with Gasteiger partial charge in [-0.25, -0.2) is 5.84 Å². The molecule has 1 aromatic rings. The second kappa shape index (κ2) is 6.18. The normalized spacial score (nSPS) is 20.7. The fourth-order valence-corrected chi connectivity index (χ4v) is 2.48. The molecule has 0 aromatic carbocycles. The van der Waals surface area contributed by atoms with Crippen molar-refractivity contribution in [1.29, 1.82) is 0 Å². The largest absolute Gasteiger partial charge is 0.467 e. The highest BCUT2D eigenvalue weighted by molar-refractivity contribution is 5.93. The summed E-state index contributed by atoms with van der Waals surface area (Å²) < 4.78 is 5.41. The van der Waals surface area contributed by atoms with Crippen LogP contribution in [-0.2, 0) is 6.54 Å². The first kappa shape index (κ1) is 14.0. The molecule has 1 unspecified atom stereocenters. The van der Waals surface area contributed by atoms with E-state index >= 15 is 0 Å². The lowest BCUT2D eigenvalue weighted by Gasteiger charge is -2.35. The lowest BCUT2D eigenvalue weighted by molar-refractivity contribution is 0.0953. The minimum absolute atomic E-state index is 0.320. The van der Waals surface area contributed by atoms with Gasteiger partial charge in [0.2, 0.25) is 0 Å². The van der Waals surface area contributed by atoms with Gasteiger partial charge in [-0.15, -0.1) is 0 Å². The van der Waals surface area contributed by atoms with E-state index in [0.29, 0.717) is 11.6 Å². The smallest absolute Gasteiger partial charge is 0.268 e. The van der Waals surface area contributed by atoms with Crippen molar-refractivity contribution >= 4 is 5.91 Å². The van der Waals surface area contributed by atoms with Crippen LogP contribution in [0.3, 0.4) is 0 Å². The Hall–Kier alpha value is -1.37. The van der Waals surface area contributed by atoms with E-state index in [-0.39, 0.29) is 5.91 Å². The van der Waals surface area contributed by atoms with Crippen molar-refractivity contribution in [3.05, 3.63) is 23.7 Å². The van der Waals surface area contributed by atoms with Crippen LogP contribution in [0, 0.1) is 0 Å². The van der Waals surface area contributed by atoms with Crippen LogP contribution in [0.1, 0.15) is 29.0 Å². The highest BCUT2D eigenvalue weighted by Crippen LogP contribution is 2.17. The van der Waals surface area contributed by atoms with E-state index in [1.54, 1.807) is 6.07 Å². The van der Waals surface area contributed by atoms with Crippen LogP contribution in [0.5, 0.6) is 0 Å². The Labute approximate surface area is 113 Å². The molecule has 2 rings (SSSR count). The molecule has 1 fully saturated rings. The van der Waals surface area contributed by atoms with Gasteiger partial charge < -0.3 is 9.32 Å². The topological polar surface area (TPSA) is 74.7 Å². The third kappa shape index (κ3) is 3.56. The predicted octanol–water partition coefficient (Wildman–Crippen LogP) is 0.409. The Morgan fingerprint density at radius 2 is 2.42 bits per heavy atom. The number of furan rings is 1. The Bertz CT molecular complexity index is 430. The van der Waals surface area contributed by atoms with E-state index in [0.717, 1.165) is 25.4 Å². The van der Waals surface area contributed by atoms with E-state index in [1.807, 2.05) is 0 Å². The molecule has 6 heteroatoms. The van der Waals surface area contributed by atoms with Crippen LogP contribution < -0.4 is 11.3 Å². The first-order valence-corrected chi connectivity index (χ1v) is 6.57. The molecular formula is C13H22N4O2. The number of nitrogens with one attached hydrogen (secondary N) is 1. The second-order valence-corrected chi connectivity index (χ2v) is 5.27. The van der Waals surface area contributed by atoms with Gasteiger partial charge in [0.05, 0.1) is 12.1 Å². The summed E-state index contributed by atoms with van der Waals surface area (Å²) in [7, 11) is 4.23. The van der Waals surface area contributed by atoms with Crippen LogP contribution in [0.2, 0.25) is 0 Å². The summed E-state index contributed by atoms with van der Waals surface area (Å²) in [4.78, 5) is 16.0. The van der Waals surface area contributed by atoms with Crippen LogP contribution >= 0.6 is 0 Å². The molecule has 3 N–H and O–H groups in total. The van der Waals surface area contributed by atoms with Gasteiger partial charge in [-0.1, -0.05) is 0 Å². The molecule has 2 heterocycles. The Balaban J connectivity index is 1.93. The zero-order valence-electron chi connectivity index (χ0n) is 11.6. The standard InChI is InChI=1S/C13H22N4O2/c1-16(2)11-4-3-5-17(7-11)8-12-6-10(9-19-12)13(18)15-14/h6,9,11H,3-5,7-8,14H2,1-2H3,(H,15,18). The number of likely N-dealkylation sites (N-methyl/N-ethyl adjacent to an activating group) is 1. The van der Waals surface area contributed by atoms with Gasteiger partial charge in [-0.2, -0.15) is 0 Å². The van der Waals surface area contributed by atoms with Gasteiger partial charge >= 0.3 is 0 Å². The maximum atomic E-state index is 11.3. The third-order valence-electron chi connectivity index (χ3n) is 3.64. The van der Waals surface area contributed by atoms with E-state index in [9.17, 15) is 4.79 Å². The monoisotopic (exact) mass is 266 g/mol. The van der Waals surface area contributed by atoms with E-state index in [2.05, 4.69) is 29.3 Å². The summed E-state index contributed by atoms with van der Waals surface area (Å²) in [5.74, 6) is 5.58.